The summed E-state index contributed by atoms with van der Waals surface area (Å²) in [6, 6.07) is 13.8. The van der Waals surface area contributed by atoms with Crippen LogP contribution in [0.25, 0.3) is 0 Å². The van der Waals surface area contributed by atoms with Crippen LogP contribution < -0.4 is 36.4 Å². The molecule has 0 aromatic heterocycles. The van der Waals surface area contributed by atoms with Gasteiger partial charge in [0.1, 0.15) is 12.3 Å². The predicted octanol–water partition coefficient (Wildman–Crippen LogP) is 2.05. The molecule has 0 spiro atoms. The zero-order valence-electron chi connectivity index (χ0n) is 40.0. The summed E-state index contributed by atoms with van der Waals surface area (Å²) in [5, 5.41) is 32.5. The van der Waals surface area contributed by atoms with Crippen molar-refractivity contribution in [2.24, 2.45) is 11.8 Å². The number of rotatable bonds is 8. The van der Waals surface area contributed by atoms with E-state index < -0.39 is 29.4 Å². The average Bonchev–Trinajstić information content (AvgIpc) is 3.78. The standard InChI is InChI=1S/C51H70N12O6/c1-51(69)20-3-2-4-21-61-47(66)40-31-52-50(56-45(40)63(61)43-7-5-6-42(51)54-43)53-34-8-10-35(11-9-34)59-26-28-60(29-27-59)36-18-22-57(23-19-36)32-33-16-24-58(25-17-33)37-12-13-38-39(30-37)49(68)62(48(38)67)41-14-15-44(64)55-46(41)65/h2,4,8-13,30,33,36,40-43,45,50,52-54,56,69H,3,5-7,14-29,31-32H2,1H3,(H,55,64,65)/b4-2-/t40?,41?,42?,43?,45?,50?,51-/m1/s1. The van der Waals surface area contributed by atoms with Gasteiger partial charge in [-0.2, -0.15) is 5.01 Å². The smallest absolute Gasteiger partial charge is 0.262 e. The number of nitrogens with zero attached hydrogens (tertiary/aromatic N) is 7. The summed E-state index contributed by atoms with van der Waals surface area (Å²) in [7, 11) is 0. The number of likely N-dealkylation sites (tertiary alicyclic amines) is 1. The third-order valence-electron chi connectivity index (χ3n) is 16.9. The monoisotopic (exact) mass is 947 g/mol. The predicted molar refractivity (Wildman–Crippen MR) is 261 cm³/mol. The molecule has 11 rings (SSSR count). The van der Waals surface area contributed by atoms with E-state index in [2.05, 4.69) is 87.6 Å². The van der Waals surface area contributed by atoms with Gasteiger partial charge in [0.15, 0.2) is 0 Å². The molecule has 2 aromatic carbocycles. The highest BCUT2D eigenvalue weighted by Gasteiger charge is 2.53. The van der Waals surface area contributed by atoms with Gasteiger partial charge in [-0.05, 0) is 133 Å². The first kappa shape index (κ1) is 46.4. The van der Waals surface area contributed by atoms with Crippen molar-refractivity contribution >= 4 is 46.6 Å². The molecule has 9 aliphatic heterocycles. The maximum Gasteiger partial charge on any atom is 0.262 e. The van der Waals surface area contributed by atoms with Crippen LogP contribution in [0.1, 0.15) is 98.3 Å². The number of amides is 5. The number of carbonyl (C=O) groups is 5. The number of piperazine rings is 1. The minimum absolute atomic E-state index is 0.0213. The molecule has 0 aliphatic carbocycles. The Morgan fingerprint density at radius 1 is 0.768 bits per heavy atom. The van der Waals surface area contributed by atoms with Crippen molar-refractivity contribution in [1.82, 2.24) is 46.0 Å². The molecular formula is C51H70N12O6. The molecule has 7 atom stereocenters. The summed E-state index contributed by atoms with van der Waals surface area (Å²) in [5.41, 5.74) is 3.03. The van der Waals surface area contributed by atoms with Crippen molar-refractivity contribution in [1.29, 1.82) is 0 Å². The Bertz CT molecular complexity index is 2300. The fourth-order valence-corrected chi connectivity index (χ4v) is 12.9. The van der Waals surface area contributed by atoms with Gasteiger partial charge in [-0.3, -0.25) is 60.0 Å². The number of hydrogen-bond acceptors (Lipinski definition) is 15. The molecule has 69 heavy (non-hydrogen) atoms. The summed E-state index contributed by atoms with van der Waals surface area (Å²) in [4.78, 5) is 75.8. The molecule has 7 saturated heterocycles. The van der Waals surface area contributed by atoms with Crippen molar-refractivity contribution in [3.8, 4) is 0 Å². The number of imide groups is 2. The normalized spacial score (nSPS) is 32.9. The second kappa shape index (κ2) is 19.3. The van der Waals surface area contributed by atoms with Crippen LogP contribution in [-0.4, -0.2) is 174 Å². The van der Waals surface area contributed by atoms with Crippen LogP contribution in [0.2, 0.25) is 0 Å². The molecule has 2 bridgehead atoms. The van der Waals surface area contributed by atoms with Crippen molar-refractivity contribution in [3.05, 3.63) is 65.7 Å². The Balaban J connectivity index is 0.614. The summed E-state index contributed by atoms with van der Waals surface area (Å²) in [6.45, 7) is 12.4. The van der Waals surface area contributed by atoms with E-state index in [1.54, 1.807) is 6.07 Å². The summed E-state index contributed by atoms with van der Waals surface area (Å²) in [6.07, 6.45) is 12.9. The molecule has 2 aromatic rings. The average molecular weight is 947 g/mol. The number of anilines is 3. The van der Waals surface area contributed by atoms with E-state index in [1.807, 2.05) is 24.1 Å². The van der Waals surface area contributed by atoms with Crippen molar-refractivity contribution in [3.63, 3.8) is 0 Å². The lowest BCUT2D eigenvalue weighted by Gasteiger charge is -2.47. The first-order valence-corrected chi connectivity index (χ1v) is 25.9. The molecule has 370 valence electrons. The quantitative estimate of drug-likeness (QED) is 0.167. The number of hydrazine groups is 1. The van der Waals surface area contributed by atoms with Crippen LogP contribution in [0, 0.1) is 11.8 Å². The van der Waals surface area contributed by atoms with Gasteiger partial charge in [0.2, 0.25) is 17.7 Å². The van der Waals surface area contributed by atoms with E-state index >= 15 is 0 Å². The van der Waals surface area contributed by atoms with Crippen LogP contribution in [0.5, 0.6) is 0 Å². The lowest BCUT2D eigenvalue weighted by Crippen LogP contribution is -2.69. The third-order valence-corrected chi connectivity index (χ3v) is 16.9. The lowest BCUT2D eigenvalue weighted by atomic mass is 9.85. The van der Waals surface area contributed by atoms with E-state index in [0.717, 1.165) is 114 Å². The minimum atomic E-state index is -0.958. The second-order valence-corrected chi connectivity index (χ2v) is 21.2. The molecule has 7 fully saturated rings. The van der Waals surface area contributed by atoms with Gasteiger partial charge >= 0.3 is 0 Å². The van der Waals surface area contributed by atoms with E-state index in [1.165, 1.54) is 18.5 Å². The Labute approximate surface area is 405 Å². The minimum Gasteiger partial charge on any atom is -0.389 e. The van der Waals surface area contributed by atoms with Gasteiger partial charge in [-0.1, -0.05) is 12.2 Å². The summed E-state index contributed by atoms with van der Waals surface area (Å²) in [5.74, 6) is -1.34. The molecule has 18 nitrogen and oxygen atoms in total. The first-order chi connectivity index (χ1) is 33.5. The Kier molecular flexibility index (Phi) is 13.0. The maximum atomic E-state index is 13.8. The van der Waals surface area contributed by atoms with Gasteiger partial charge in [0.25, 0.3) is 11.8 Å². The molecular weight excluding hydrogens is 877 g/mol. The molecule has 0 saturated carbocycles. The van der Waals surface area contributed by atoms with Gasteiger partial charge in [0, 0.05) is 87.9 Å². The largest absolute Gasteiger partial charge is 0.389 e. The topological polar surface area (TPSA) is 188 Å². The van der Waals surface area contributed by atoms with Crippen LogP contribution in [0.15, 0.2) is 54.6 Å². The second-order valence-electron chi connectivity index (χ2n) is 21.2. The van der Waals surface area contributed by atoms with Crippen LogP contribution in [0.4, 0.5) is 17.1 Å². The van der Waals surface area contributed by atoms with E-state index in [4.69, 9.17) is 0 Å². The number of fused-ring (bicyclic) bond motifs is 7. The van der Waals surface area contributed by atoms with E-state index in [0.29, 0.717) is 42.6 Å². The first-order valence-electron chi connectivity index (χ1n) is 25.9. The fourth-order valence-electron chi connectivity index (χ4n) is 12.9. The highest BCUT2D eigenvalue weighted by molar-refractivity contribution is 6.23. The molecule has 9 heterocycles. The highest BCUT2D eigenvalue weighted by Crippen LogP contribution is 2.36. The Hall–Kier alpha value is -4.95. The molecule has 0 radical (unpaired) electrons. The number of piperidine rings is 4. The molecule has 18 heteroatoms. The fraction of sp³-hybridized carbons (Fsp3) is 0.627. The highest BCUT2D eigenvalue weighted by atomic mass is 16.3. The molecule has 5 amide bonds. The number of benzene rings is 2. The van der Waals surface area contributed by atoms with Crippen LogP contribution >= 0.6 is 0 Å². The zero-order valence-corrected chi connectivity index (χ0v) is 40.0. The van der Waals surface area contributed by atoms with Gasteiger partial charge < -0.3 is 25.1 Å². The number of carbonyl (C=O) groups excluding carboxylic acids is 5. The maximum absolute atomic E-state index is 13.8. The van der Waals surface area contributed by atoms with Gasteiger partial charge in [0.05, 0.1) is 41.5 Å². The van der Waals surface area contributed by atoms with E-state index in [-0.39, 0.29) is 55.2 Å². The van der Waals surface area contributed by atoms with Crippen molar-refractivity contribution < 1.29 is 29.1 Å². The third kappa shape index (κ3) is 9.29. The van der Waals surface area contributed by atoms with Crippen molar-refractivity contribution in [2.45, 2.75) is 120 Å². The number of allylic oxidation sites excluding steroid dienone is 1. The van der Waals surface area contributed by atoms with Gasteiger partial charge in [-0.15, -0.1) is 0 Å². The molecule has 6 unspecified atom stereocenters. The van der Waals surface area contributed by atoms with Crippen molar-refractivity contribution in [2.75, 3.05) is 87.1 Å². The van der Waals surface area contributed by atoms with Crippen LogP contribution in [0.3, 0.4) is 0 Å². The summed E-state index contributed by atoms with van der Waals surface area (Å²) >= 11 is 0. The zero-order chi connectivity index (χ0) is 47.4. The number of aliphatic hydroxyl groups is 1. The number of hydrogen-bond donors (Lipinski definition) is 6. The van der Waals surface area contributed by atoms with Crippen LogP contribution in [-0.2, 0) is 14.4 Å². The Morgan fingerprint density at radius 2 is 1.51 bits per heavy atom. The molecule has 6 N–H and O–H groups in total. The van der Waals surface area contributed by atoms with E-state index in [9.17, 15) is 29.1 Å². The SMILES string of the molecule is C[C@@]1(O)CC/C=C\CN2C(=O)C3CNC(Nc4ccc(N5CCN(C6CCN(CC7CCN(c8ccc9c(c8)C(=O)N(C8CCC(=O)NC8=O)C9=O)CC7)CC6)CC5)cc4)NC3N2C2CCCC1N2. The number of nitrogens with one attached hydrogen (secondary N) is 5. The van der Waals surface area contributed by atoms with Gasteiger partial charge in [-0.25, -0.2) is 0 Å². The Morgan fingerprint density at radius 3 is 2.28 bits per heavy atom. The molecule has 9 aliphatic rings. The lowest BCUT2D eigenvalue weighted by molar-refractivity contribution is -0.146. The summed E-state index contributed by atoms with van der Waals surface area (Å²) < 4.78 is 0.